The molecular weight excluding hydrogens is 468 g/mol. The summed E-state index contributed by atoms with van der Waals surface area (Å²) in [7, 11) is -3.79. The zero-order chi connectivity index (χ0) is 23.9. The quantitative estimate of drug-likeness (QED) is 0.335. The first-order chi connectivity index (χ1) is 16.3. The molecule has 2 aromatic heterocycles. The fraction of sp³-hybridized carbons (Fsp3) is 0.269. The smallest absolute Gasteiger partial charge is 0.242 e. The van der Waals surface area contributed by atoms with Crippen molar-refractivity contribution in [2.75, 3.05) is 5.32 Å². The lowest BCUT2D eigenvalue weighted by molar-refractivity contribution is 0.580. The zero-order valence-corrected chi connectivity index (χ0v) is 20.7. The van der Waals surface area contributed by atoms with E-state index in [2.05, 4.69) is 40.1 Å². The van der Waals surface area contributed by atoms with Crippen LogP contribution in [0.15, 0.2) is 65.7 Å². The molecule has 1 saturated carbocycles. The van der Waals surface area contributed by atoms with Crippen molar-refractivity contribution < 1.29 is 8.42 Å². The number of aryl methyl sites for hydroxylation is 2. The molecule has 0 bridgehead atoms. The van der Waals surface area contributed by atoms with Crippen molar-refractivity contribution in [3.05, 3.63) is 93.9 Å². The van der Waals surface area contributed by atoms with Gasteiger partial charge >= 0.3 is 0 Å². The number of rotatable bonds is 8. The van der Waals surface area contributed by atoms with Crippen molar-refractivity contribution in [3.8, 4) is 0 Å². The van der Waals surface area contributed by atoms with Gasteiger partial charge in [0, 0.05) is 24.1 Å². The number of nitrogens with zero attached hydrogens (tertiary/aromatic N) is 2. The molecule has 1 fully saturated rings. The third-order valence-electron chi connectivity index (χ3n) is 6.27. The zero-order valence-electron chi connectivity index (χ0n) is 19.2. The van der Waals surface area contributed by atoms with E-state index >= 15 is 0 Å². The molecular formula is C26H27ClN4O2S. The molecule has 176 valence electrons. The number of hydrogen-bond acceptors (Lipinski definition) is 4. The van der Waals surface area contributed by atoms with Crippen molar-refractivity contribution in [3.63, 3.8) is 0 Å². The summed E-state index contributed by atoms with van der Waals surface area (Å²) in [5.41, 5.74) is 7.19. The average Bonchev–Trinajstić information content (AvgIpc) is 3.56. The van der Waals surface area contributed by atoms with Crippen LogP contribution in [0.3, 0.4) is 0 Å². The molecule has 2 N–H and O–H groups in total. The Labute approximate surface area is 205 Å². The van der Waals surface area contributed by atoms with E-state index in [0.717, 1.165) is 17.0 Å². The first kappa shape index (κ1) is 22.9. The van der Waals surface area contributed by atoms with Gasteiger partial charge in [0.25, 0.3) is 0 Å². The first-order valence-corrected chi connectivity index (χ1v) is 13.2. The molecule has 0 saturated heterocycles. The normalized spacial score (nSPS) is 14.0. The summed E-state index contributed by atoms with van der Waals surface area (Å²) in [5, 5.41) is 3.52. The summed E-state index contributed by atoms with van der Waals surface area (Å²) < 4.78 is 30.3. The molecule has 1 aliphatic carbocycles. The Morgan fingerprint density at radius 3 is 2.62 bits per heavy atom. The van der Waals surface area contributed by atoms with Gasteiger partial charge in [0.15, 0.2) is 0 Å². The molecule has 4 aromatic rings. The van der Waals surface area contributed by atoms with Gasteiger partial charge in [-0.25, -0.2) is 18.1 Å². The minimum atomic E-state index is -3.79. The molecule has 8 heteroatoms. The van der Waals surface area contributed by atoms with Gasteiger partial charge in [0.05, 0.1) is 17.3 Å². The largest absolute Gasteiger partial charge is 0.381 e. The van der Waals surface area contributed by atoms with E-state index in [4.69, 9.17) is 11.6 Å². The Hall–Kier alpha value is -2.87. The van der Waals surface area contributed by atoms with Crippen LogP contribution in [-0.4, -0.2) is 17.8 Å². The second kappa shape index (κ2) is 9.06. The SMILES string of the molecule is Cc1ccc(CNc2ccc(S(=O)(=O)NCc3cn4c(C)cccc4n3)c(Cl)c2)cc1C1CC1. The molecule has 0 amide bonds. The molecule has 0 atom stereocenters. The van der Waals surface area contributed by atoms with Crippen LogP contribution in [0.5, 0.6) is 0 Å². The highest BCUT2D eigenvalue weighted by Crippen LogP contribution is 2.41. The highest BCUT2D eigenvalue weighted by molar-refractivity contribution is 7.89. The van der Waals surface area contributed by atoms with Crippen molar-refractivity contribution in [1.82, 2.24) is 14.1 Å². The molecule has 1 aliphatic rings. The summed E-state index contributed by atoms with van der Waals surface area (Å²) in [6.07, 6.45) is 4.38. The summed E-state index contributed by atoms with van der Waals surface area (Å²) in [6.45, 7) is 4.86. The van der Waals surface area contributed by atoms with Crippen LogP contribution in [-0.2, 0) is 23.1 Å². The number of sulfonamides is 1. The maximum atomic E-state index is 12.9. The molecule has 6 nitrogen and oxygen atoms in total. The number of benzene rings is 2. The van der Waals surface area contributed by atoms with Gasteiger partial charge in [-0.05, 0) is 79.6 Å². The van der Waals surface area contributed by atoms with Crippen molar-refractivity contribution >= 4 is 33.0 Å². The number of imidazole rings is 1. The molecule has 0 unspecified atom stereocenters. The lowest BCUT2D eigenvalue weighted by Gasteiger charge is -2.12. The standard InChI is InChI=1S/C26H27ClN4O2S/c1-17-6-7-19(12-23(17)20-8-9-20)14-28-21-10-11-25(24(27)13-21)34(32,33)29-15-22-16-31-18(2)4-3-5-26(31)30-22/h3-7,10-13,16,20,28-29H,8-9,14-15H2,1-2H3. The Morgan fingerprint density at radius 1 is 1.06 bits per heavy atom. The van der Waals surface area contributed by atoms with Crippen molar-refractivity contribution in [1.29, 1.82) is 0 Å². The van der Waals surface area contributed by atoms with Crippen molar-refractivity contribution in [2.45, 2.75) is 50.6 Å². The number of anilines is 1. The molecule has 0 spiro atoms. The van der Waals surface area contributed by atoms with E-state index < -0.39 is 10.0 Å². The Balaban J connectivity index is 1.25. The fourth-order valence-corrected chi connectivity index (χ4v) is 5.74. The van der Waals surface area contributed by atoms with E-state index in [0.29, 0.717) is 18.2 Å². The van der Waals surface area contributed by atoms with Gasteiger partial charge in [-0.1, -0.05) is 35.9 Å². The number of aromatic nitrogens is 2. The first-order valence-electron chi connectivity index (χ1n) is 11.4. The molecule has 2 heterocycles. The van der Waals surface area contributed by atoms with Crippen LogP contribution in [0.25, 0.3) is 5.65 Å². The number of fused-ring (bicyclic) bond motifs is 1. The molecule has 0 radical (unpaired) electrons. The predicted octanol–water partition coefficient (Wildman–Crippen LogP) is 5.57. The van der Waals surface area contributed by atoms with Crippen LogP contribution in [0.4, 0.5) is 5.69 Å². The number of pyridine rings is 1. The van der Waals surface area contributed by atoms with Crippen LogP contribution in [0.2, 0.25) is 5.02 Å². The lowest BCUT2D eigenvalue weighted by Crippen LogP contribution is -2.23. The van der Waals surface area contributed by atoms with Crippen molar-refractivity contribution in [2.24, 2.45) is 0 Å². The third-order valence-corrected chi connectivity index (χ3v) is 8.15. The van der Waals surface area contributed by atoms with Gasteiger partial charge in [0.1, 0.15) is 10.5 Å². The van der Waals surface area contributed by atoms with Gasteiger partial charge in [-0.15, -0.1) is 0 Å². The molecule has 5 rings (SSSR count). The number of halogens is 1. The lowest BCUT2D eigenvalue weighted by atomic mass is 10.0. The van der Waals surface area contributed by atoms with E-state index in [1.807, 2.05) is 35.7 Å². The van der Waals surface area contributed by atoms with Gasteiger partial charge in [-0.3, -0.25) is 0 Å². The van der Waals surface area contributed by atoms with Gasteiger partial charge in [0.2, 0.25) is 10.0 Å². The highest BCUT2D eigenvalue weighted by atomic mass is 35.5. The summed E-state index contributed by atoms with van der Waals surface area (Å²) in [5.74, 6) is 0.705. The number of nitrogens with one attached hydrogen (secondary N) is 2. The highest BCUT2D eigenvalue weighted by Gasteiger charge is 2.25. The van der Waals surface area contributed by atoms with Crippen LogP contribution >= 0.6 is 11.6 Å². The minimum Gasteiger partial charge on any atom is -0.381 e. The van der Waals surface area contributed by atoms with Gasteiger partial charge < -0.3 is 9.72 Å². The number of hydrogen-bond donors (Lipinski definition) is 2. The van der Waals surface area contributed by atoms with E-state index in [9.17, 15) is 8.42 Å². The second-order valence-corrected chi connectivity index (χ2v) is 11.1. The Morgan fingerprint density at radius 2 is 1.88 bits per heavy atom. The molecule has 0 aliphatic heterocycles. The molecule has 2 aromatic carbocycles. The Kier molecular flexibility index (Phi) is 6.10. The van der Waals surface area contributed by atoms with E-state index in [1.165, 1.54) is 35.6 Å². The maximum absolute atomic E-state index is 12.9. The monoisotopic (exact) mass is 494 g/mol. The maximum Gasteiger partial charge on any atom is 0.242 e. The topological polar surface area (TPSA) is 75.5 Å². The van der Waals surface area contributed by atoms with Crippen LogP contribution in [0, 0.1) is 13.8 Å². The van der Waals surface area contributed by atoms with Gasteiger partial charge in [-0.2, -0.15) is 0 Å². The van der Waals surface area contributed by atoms with E-state index in [1.54, 1.807) is 12.1 Å². The second-order valence-electron chi connectivity index (χ2n) is 8.92. The summed E-state index contributed by atoms with van der Waals surface area (Å²) in [6, 6.07) is 17.3. The Bertz CT molecular complexity index is 1480. The van der Waals surface area contributed by atoms with E-state index in [-0.39, 0.29) is 16.5 Å². The van der Waals surface area contributed by atoms with Crippen LogP contribution in [0.1, 0.15) is 46.8 Å². The van der Waals surface area contributed by atoms with Crippen LogP contribution < -0.4 is 10.0 Å². The summed E-state index contributed by atoms with van der Waals surface area (Å²) >= 11 is 6.38. The fourth-order valence-electron chi connectivity index (χ4n) is 4.20. The third kappa shape index (κ3) is 4.82. The summed E-state index contributed by atoms with van der Waals surface area (Å²) in [4.78, 5) is 4.53. The minimum absolute atomic E-state index is 0.0472. The predicted molar refractivity (Wildman–Crippen MR) is 136 cm³/mol. The average molecular weight is 495 g/mol. The molecule has 34 heavy (non-hydrogen) atoms.